The van der Waals surface area contributed by atoms with Crippen molar-refractivity contribution in [1.29, 1.82) is 0 Å². The zero-order chi connectivity index (χ0) is 11.8. The van der Waals surface area contributed by atoms with Crippen LogP contribution in [0.2, 0.25) is 0 Å². The molecule has 2 saturated heterocycles. The highest BCUT2D eigenvalue weighted by atomic mass is 16.2. The quantitative estimate of drug-likeness (QED) is 0.806. The molecule has 0 aliphatic carbocycles. The van der Waals surface area contributed by atoms with E-state index in [1.165, 1.54) is 0 Å². The summed E-state index contributed by atoms with van der Waals surface area (Å²) in [5, 5.41) is 3.20. The largest absolute Gasteiger partial charge is 0.320 e. The molecule has 0 radical (unpaired) electrons. The maximum Gasteiger partial charge on any atom is 0.320 e. The molecule has 2 aliphatic heterocycles. The van der Waals surface area contributed by atoms with E-state index in [-0.39, 0.29) is 12.1 Å². The van der Waals surface area contributed by atoms with Gasteiger partial charge in [-0.2, -0.15) is 0 Å². The number of aromatic nitrogens is 1. The minimum absolute atomic E-state index is 0.0873. The van der Waals surface area contributed by atoms with Crippen molar-refractivity contribution in [3.63, 3.8) is 0 Å². The van der Waals surface area contributed by atoms with Crippen LogP contribution in [0.15, 0.2) is 24.4 Å². The Morgan fingerprint density at radius 1 is 1.41 bits per heavy atom. The smallest absolute Gasteiger partial charge is 0.317 e. The zero-order valence-electron chi connectivity index (χ0n) is 9.84. The molecule has 2 fully saturated rings. The Bertz CT molecular complexity index is 418. The van der Waals surface area contributed by atoms with Crippen LogP contribution in [0.4, 0.5) is 4.79 Å². The highest BCUT2D eigenvalue weighted by Gasteiger charge is 2.41. The fourth-order valence-corrected chi connectivity index (χ4v) is 2.39. The van der Waals surface area contributed by atoms with Crippen molar-refractivity contribution in [2.45, 2.75) is 12.1 Å². The van der Waals surface area contributed by atoms with Crippen LogP contribution >= 0.6 is 0 Å². The maximum absolute atomic E-state index is 12.1. The van der Waals surface area contributed by atoms with Crippen LogP contribution in [-0.2, 0) is 0 Å². The summed E-state index contributed by atoms with van der Waals surface area (Å²) in [7, 11) is 1.85. The molecular weight excluding hydrogens is 216 g/mol. The van der Waals surface area contributed by atoms with Crippen molar-refractivity contribution in [3.8, 4) is 0 Å². The number of rotatable bonds is 2. The first-order valence-corrected chi connectivity index (χ1v) is 5.92. The minimum Gasteiger partial charge on any atom is -0.317 e. The van der Waals surface area contributed by atoms with E-state index in [1.54, 1.807) is 11.1 Å². The van der Waals surface area contributed by atoms with Crippen LogP contribution in [0, 0.1) is 0 Å². The topological polar surface area (TPSA) is 48.5 Å². The Morgan fingerprint density at radius 2 is 2.24 bits per heavy atom. The van der Waals surface area contributed by atoms with Gasteiger partial charge in [0.1, 0.15) is 0 Å². The van der Waals surface area contributed by atoms with Crippen LogP contribution in [-0.4, -0.2) is 53.5 Å². The summed E-state index contributed by atoms with van der Waals surface area (Å²) in [6.07, 6.45) is 1.78. The molecule has 1 N–H and O–H groups in total. The van der Waals surface area contributed by atoms with E-state index in [0.29, 0.717) is 6.04 Å². The minimum atomic E-state index is 0.0873. The molecule has 2 aliphatic rings. The molecule has 1 unspecified atom stereocenters. The number of urea groups is 1. The second-order valence-corrected chi connectivity index (χ2v) is 4.63. The number of pyridine rings is 1. The van der Waals surface area contributed by atoms with Gasteiger partial charge < -0.3 is 15.1 Å². The fraction of sp³-hybridized carbons (Fsp3) is 0.500. The van der Waals surface area contributed by atoms with Gasteiger partial charge in [0.05, 0.1) is 17.8 Å². The lowest BCUT2D eigenvalue weighted by atomic mass is 10.1. The molecule has 3 heterocycles. The molecule has 3 rings (SSSR count). The predicted octanol–water partition coefficient (Wildman–Crippen LogP) is 0.462. The Kier molecular flexibility index (Phi) is 2.48. The molecule has 0 bridgehead atoms. The van der Waals surface area contributed by atoms with E-state index >= 15 is 0 Å². The third-order valence-corrected chi connectivity index (χ3v) is 3.61. The highest BCUT2D eigenvalue weighted by molar-refractivity contribution is 5.77. The molecule has 2 amide bonds. The summed E-state index contributed by atoms with van der Waals surface area (Å²) < 4.78 is 0. The van der Waals surface area contributed by atoms with Crippen LogP contribution in [0.25, 0.3) is 0 Å². The van der Waals surface area contributed by atoms with Crippen LogP contribution in [0.1, 0.15) is 11.7 Å². The van der Waals surface area contributed by atoms with Gasteiger partial charge in [-0.25, -0.2) is 4.79 Å². The lowest BCUT2D eigenvalue weighted by molar-refractivity contribution is 0.162. The number of hydrogen-bond acceptors (Lipinski definition) is 3. The number of amides is 2. The molecule has 5 heteroatoms. The van der Waals surface area contributed by atoms with E-state index in [0.717, 1.165) is 25.3 Å². The van der Waals surface area contributed by atoms with Crippen molar-refractivity contribution in [2.75, 3.05) is 26.7 Å². The first-order valence-electron chi connectivity index (χ1n) is 5.92. The van der Waals surface area contributed by atoms with Crippen molar-refractivity contribution in [2.24, 2.45) is 0 Å². The molecule has 0 aromatic carbocycles. The molecule has 0 saturated carbocycles. The Labute approximate surface area is 100 Å². The van der Waals surface area contributed by atoms with E-state index < -0.39 is 0 Å². The molecule has 90 valence electrons. The van der Waals surface area contributed by atoms with Crippen molar-refractivity contribution < 1.29 is 4.79 Å². The summed E-state index contributed by atoms with van der Waals surface area (Å²) in [4.78, 5) is 20.2. The third kappa shape index (κ3) is 1.67. The fourth-order valence-electron chi connectivity index (χ4n) is 2.39. The summed E-state index contributed by atoms with van der Waals surface area (Å²) in [6, 6.07) is 6.41. The predicted molar refractivity (Wildman–Crippen MR) is 63.5 cm³/mol. The van der Waals surface area contributed by atoms with E-state index in [4.69, 9.17) is 0 Å². The van der Waals surface area contributed by atoms with Gasteiger partial charge in [0.25, 0.3) is 0 Å². The Hall–Kier alpha value is -1.62. The number of hydrogen-bond donors (Lipinski definition) is 1. The first-order chi connectivity index (χ1) is 8.27. The van der Waals surface area contributed by atoms with Crippen LogP contribution in [0.5, 0.6) is 0 Å². The van der Waals surface area contributed by atoms with E-state index in [9.17, 15) is 4.79 Å². The molecule has 1 atom stereocenters. The summed E-state index contributed by atoms with van der Waals surface area (Å²) >= 11 is 0. The number of nitrogens with one attached hydrogen (secondary N) is 1. The van der Waals surface area contributed by atoms with Gasteiger partial charge in [0.2, 0.25) is 0 Å². The normalized spacial score (nSPS) is 25.2. The van der Waals surface area contributed by atoms with Crippen LogP contribution < -0.4 is 5.32 Å². The maximum atomic E-state index is 12.1. The van der Waals surface area contributed by atoms with Gasteiger partial charge in [-0.1, -0.05) is 6.07 Å². The van der Waals surface area contributed by atoms with Crippen LogP contribution in [0.3, 0.4) is 0 Å². The second-order valence-electron chi connectivity index (χ2n) is 4.63. The molecule has 0 spiro atoms. The monoisotopic (exact) mass is 232 g/mol. The lowest BCUT2D eigenvalue weighted by Crippen LogP contribution is -2.57. The van der Waals surface area contributed by atoms with Gasteiger partial charge >= 0.3 is 6.03 Å². The number of nitrogens with zero attached hydrogens (tertiary/aromatic N) is 3. The number of carbonyl (C=O) groups excluding carboxylic acids is 1. The van der Waals surface area contributed by atoms with E-state index in [2.05, 4.69) is 10.3 Å². The average Bonchev–Trinajstić information content (AvgIpc) is 2.57. The van der Waals surface area contributed by atoms with Gasteiger partial charge in [0.15, 0.2) is 0 Å². The summed E-state index contributed by atoms with van der Waals surface area (Å²) in [5.41, 5.74) is 0.970. The van der Waals surface area contributed by atoms with Gasteiger partial charge in [-0.05, 0) is 12.1 Å². The molecule has 1 aromatic heterocycles. The van der Waals surface area contributed by atoms with Crippen molar-refractivity contribution >= 4 is 6.03 Å². The summed E-state index contributed by atoms with van der Waals surface area (Å²) in [6.45, 7) is 2.57. The standard InChI is InChI=1S/C12H16N4O/c1-15-11(10-4-2-3-5-14-10)8-16(12(15)17)9-6-13-7-9/h2-5,9,11,13H,6-8H2,1H3. The Morgan fingerprint density at radius 3 is 2.82 bits per heavy atom. The lowest BCUT2D eigenvalue weighted by Gasteiger charge is -2.34. The summed E-state index contributed by atoms with van der Waals surface area (Å²) in [5.74, 6) is 0. The SMILES string of the molecule is CN1C(=O)N(C2CNC2)CC1c1ccccn1. The molecule has 5 nitrogen and oxygen atoms in total. The number of carbonyl (C=O) groups is 1. The molecular formula is C12H16N4O. The zero-order valence-corrected chi connectivity index (χ0v) is 9.84. The average molecular weight is 232 g/mol. The second kappa shape index (κ2) is 4.00. The van der Waals surface area contributed by atoms with Gasteiger partial charge in [-0.3, -0.25) is 4.98 Å². The first kappa shape index (κ1) is 10.5. The Balaban J connectivity index is 1.81. The molecule has 17 heavy (non-hydrogen) atoms. The van der Waals surface area contributed by atoms with Gasteiger partial charge in [0, 0.05) is 32.9 Å². The van der Waals surface area contributed by atoms with Crippen molar-refractivity contribution in [1.82, 2.24) is 20.1 Å². The van der Waals surface area contributed by atoms with Crippen molar-refractivity contribution in [3.05, 3.63) is 30.1 Å². The molecule has 1 aromatic rings. The number of likely N-dealkylation sites (N-methyl/N-ethyl adjacent to an activating group) is 1. The van der Waals surface area contributed by atoms with Gasteiger partial charge in [-0.15, -0.1) is 0 Å². The third-order valence-electron chi connectivity index (χ3n) is 3.61. The van der Waals surface area contributed by atoms with E-state index in [1.807, 2.05) is 30.1 Å². The highest BCUT2D eigenvalue weighted by Crippen LogP contribution is 2.28.